The highest BCUT2D eigenvalue weighted by Crippen LogP contribution is 2.29. The Morgan fingerprint density at radius 1 is 1.24 bits per heavy atom. The lowest BCUT2D eigenvalue weighted by Crippen LogP contribution is -2.40. The van der Waals surface area contributed by atoms with Crippen LogP contribution < -0.4 is 5.43 Å². The number of aromatic nitrogens is 3. The minimum atomic E-state index is -3.87. The number of fused-ring (bicyclic) bond motifs is 1. The Balaban J connectivity index is 1.63. The van der Waals surface area contributed by atoms with Crippen molar-refractivity contribution in [2.24, 2.45) is 5.10 Å². The van der Waals surface area contributed by atoms with Crippen LogP contribution in [0.1, 0.15) is 23.9 Å². The first-order valence-electron chi connectivity index (χ1n) is 10.2. The summed E-state index contributed by atoms with van der Waals surface area (Å²) >= 11 is 0. The molecule has 3 aromatic rings. The third-order valence-corrected chi connectivity index (χ3v) is 7.25. The number of nitro benzene ring substituents is 1. The fourth-order valence-electron chi connectivity index (χ4n) is 3.58. The molecule has 1 saturated heterocycles. The molecule has 174 valence electrons. The van der Waals surface area contributed by atoms with Crippen LogP contribution in [0.5, 0.6) is 0 Å². The molecule has 1 N–H and O–H groups in total. The van der Waals surface area contributed by atoms with Gasteiger partial charge in [-0.25, -0.2) is 17.9 Å². The number of nitrogens with one attached hydrogen (secondary N) is 1. The number of hydrogen-bond acceptors (Lipinski definition) is 9. The molecule has 0 amide bonds. The van der Waals surface area contributed by atoms with Gasteiger partial charge in [0.25, 0.3) is 5.69 Å². The van der Waals surface area contributed by atoms with Crippen molar-refractivity contribution >= 4 is 32.8 Å². The zero-order valence-electron chi connectivity index (χ0n) is 18.3. The van der Waals surface area contributed by atoms with Crippen LogP contribution in [0.15, 0.2) is 40.5 Å². The van der Waals surface area contributed by atoms with Gasteiger partial charge in [0, 0.05) is 37.0 Å². The Morgan fingerprint density at radius 2 is 1.97 bits per heavy atom. The predicted octanol–water partition coefficient (Wildman–Crippen LogP) is 2.11. The average molecular weight is 474 g/mol. The van der Waals surface area contributed by atoms with Crippen LogP contribution in [-0.2, 0) is 14.8 Å². The van der Waals surface area contributed by atoms with Gasteiger partial charge in [0.1, 0.15) is 5.69 Å². The van der Waals surface area contributed by atoms with E-state index in [0.717, 1.165) is 17.5 Å². The second kappa shape index (κ2) is 8.84. The van der Waals surface area contributed by atoms with Gasteiger partial charge >= 0.3 is 0 Å². The number of hydrazone groups is 1. The quantitative estimate of drug-likeness (QED) is 0.326. The summed E-state index contributed by atoms with van der Waals surface area (Å²) in [5.41, 5.74) is 5.98. The summed E-state index contributed by atoms with van der Waals surface area (Å²) in [6, 6.07) is 5.57. The van der Waals surface area contributed by atoms with E-state index in [-0.39, 0.29) is 36.9 Å². The van der Waals surface area contributed by atoms with E-state index in [1.54, 1.807) is 17.6 Å². The molecule has 0 radical (unpaired) electrons. The van der Waals surface area contributed by atoms with Crippen molar-refractivity contribution in [3.05, 3.63) is 57.5 Å². The highest BCUT2D eigenvalue weighted by atomic mass is 32.2. The molecule has 1 aliphatic heterocycles. The lowest BCUT2D eigenvalue weighted by Gasteiger charge is -2.26. The van der Waals surface area contributed by atoms with Crippen LogP contribution in [0.2, 0.25) is 0 Å². The molecule has 33 heavy (non-hydrogen) atoms. The summed E-state index contributed by atoms with van der Waals surface area (Å²) in [4.78, 5) is 15.2. The lowest BCUT2D eigenvalue weighted by atomic mass is 10.1. The van der Waals surface area contributed by atoms with Crippen molar-refractivity contribution in [2.45, 2.75) is 25.7 Å². The summed E-state index contributed by atoms with van der Waals surface area (Å²) in [6.07, 6.45) is 1.67. The minimum absolute atomic E-state index is 0.0712. The number of nitro groups is 1. The SMILES string of the molecule is CC(=NNc1ccc(S(=O)(=O)N2CCOCC2)cc1[N+](=O)[O-])c1cnc2cc(C)nn2c1C. The molecule has 1 fully saturated rings. The molecule has 12 nitrogen and oxygen atoms in total. The van der Waals surface area contributed by atoms with E-state index in [9.17, 15) is 18.5 Å². The van der Waals surface area contributed by atoms with Crippen molar-refractivity contribution in [3.8, 4) is 0 Å². The topological polar surface area (TPSA) is 144 Å². The van der Waals surface area contributed by atoms with Gasteiger partial charge in [0.05, 0.1) is 40.1 Å². The van der Waals surface area contributed by atoms with E-state index in [0.29, 0.717) is 16.9 Å². The fraction of sp³-hybridized carbons (Fsp3) is 0.350. The molecule has 3 heterocycles. The molecule has 0 atom stereocenters. The first-order chi connectivity index (χ1) is 15.7. The van der Waals surface area contributed by atoms with Gasteiger partial charge in [0.2, 0.25) is 10.0 Å². The summed E-state index contributed by atoms with van der Waals surface area (Å²) in [5, 5.41) is 20.3. The minimum Gasteiger partial charge on any atom is -0.379 e. The number of morpholine rings is 1. The summed E-state index contributed by atoms with van der Waals surface area (Å²) in [6.45, 7) is 6.46. The van der Waals surface area contributed by atoms with Gasteiger partial charge in [-0.3, -0.25) is 15.5 Å². The Morgan fingerprint density at radius 3 is 2.67 bits per heavy atom. The van der Waals surface area contributed by atoms with Crippen LogP contribution in [-0.4, -0.2) is 64.3 Å². The lowest BCUT2D eigenvalue weighted by molar-refractivity contribution is -0.384. The molecule has 0 aliphatic carbocycles. The van der Waals surface area contributed by atoms with Crippen LogP contribution in [0.3, 0.4) is 0 Å². The number of nitrogens with zero attached hydrogens (tertiary/aromatic N) is 6. The monoisotopic (exact) mass is 473 g/mol. The Labute approximate surface area is 190 Å². The number of aryl methyl sites for hydroxylation is 2. The highest BCUT2D eigenvalue weighted by molar-refractivity contribution is 7.89. The number of benzene rings is 1. The summed E-state index contributed by atoms with van der Waals surface area (Å²) in [7, 11) is -3.87. The van der Waals surface area contributed by atoms with Crippen LogP contribution in [0, 0.1) is 24.0 Å². The maximum atomic E-state index is 12.9. The van der Waals surface area contributed by atoms with Crippen LogP contribution in [0.25, 0.3) is 5.65 Å². The van der Waals surface area contributed by atoms with Gasteiger partial charge < -0.3 is 4.74 Å². The standard InChI is InChI=1S/C20H23N7O5S/c1-13-10-20-21-12-17(15(3)26(20)24-13)14(2)22-23-18-5-4-16(11-19(18)27(28)29)33(30,31)25-6-8-32-9-7-25/h4-5,10-12,23H,6-9H2,1-3H3. The second-order valence-electron chi connectivity index (χ2n) is 7.57. The van der Waals surface area contributed by atoms with E-state index in [4.69, 9.17) is 4.74 Å². The summed E-state index contributed by atoms with van der Waals surface area (Å²) < 4.78 is 33.9. The van der Waals surface area contributed by atoms with E-state index < -0.39 is 20.6 Å². The largest absolute Gasteiger partial charge is 0.379 e. The number of hydrogen-bond donors (Lipinski definition) is 1. The van der Waals surface area contributed by atoms with E-state index in [2.05, 4.69) is 20.6 Å². The van der Waals surface area contributed by atoms with Gasteiger partial charge in [0.15, 0.2) is 5.65 Å². The number of rotatable bonds is 6. The molecule has 4 rings (SSSR count). The van der Waals surface area contributed by atoms with Gasteiger partial charge in [-0.05, 0) is 32.9 Å². The molecule has 1 aliphatic rings. The van der Waals surface area contributed by atoms with Gasteiger partial charge in [-0.15, -0.1) is 0 Å². The average Bonchev–Trinajstić information content (AvgIpc) is 3.19. The van der Waals surface area contributed by atoms with E-state index >= 15 is 0 Å². The predicted molar refractivity (Wildman–Crippen MR) is 121 cm³/mol. The van der Waals surface area contributed by atoms with E-state index in [1.807, 2.05) is 19.9 Å². The molecule has 0 unspecified atom stereocenters. The molecule has 0 bridgehead atoms. The molecular formula is C20H23N7O5S. The number of ether oxygens (including phenoxy) is 1. The van der Waals surface area contributed by atoms with Crippen molar-refractivity contribution in [1.29, 1.82) is 0 Å². The van der Waals surface area contributed by atoms with Crippen LogP contribution in [0.4, 0.5) is 11.4 Å². The third-order valence-electron chi connectivity index (χ3n) is 5.35. The molecule has 13 heteroatoms. The Kier molecular flexibility index (Phi) is 6.10. The Bertz CT molecular complexity index is 1360. The van der Waals surface area contributed by atoms with Crippen molar-refractivity contribution < 1.29 is 18.1 Å². The number of sulfonamides is 1. The Hall–Kier alpha value is -3.42. The van der Waals surface area contributed by atoms with Gasteiger partial charge in [-0.1, -0.05) is 0 Å². The van der Waals surface area contributed by atoms with Gasteiger partial charge in [-0.2, -0.15) is 14.5 Å². The fourth-order valence-corrected chi connectivity index (χ4v) is 5.00. The van der Waals surface area contributed by atoms with Crippen molar-refractivity contribution in [2.75, 3.05) is 31.7 Å². The maximum Gasteiger partial charge on any atom is 0.295 e. The molecule has 2 aromatic heterocycles. The van der Waals surface area contributed by atoms with Crippen molar-refractivity contribution in [1.82, 2.24) is 18.9 Å². The van der Waals surface area contributed by atoms with Crippen molar-refractivity contribution in [3.63, 3.8) is 0 Å². The molecule has 0 saturated carbocycles. The second-order valence-corrected chi connectivity index (χ2v) is 9.51. The smallest absolute Gasteiger partial charge is 0.295 e. The zero-order chi connectivity index (χ0) is 23.8. The zero-order valence-corrected chi connectivity index (χ0v) is 19.2. The molecule has 1 aromatic carbocycles. The first-order valence-corrected chi connectivity index (χ1v) is 11.6. The maximum absolute atomic E-state index is 12.9. The molecular weight excluding hydrogens is 450 g/mol. The third kappa shape index (κ3) is 4.42. The highest BCUT2D eigenvalue weighted by Gasteiger charge is 2.29. The summed E-state index contributed by atoms with van der Waals surface area (Å²) in [5.74, 6) is 0. The molecule has 0 spiro atoms. The first kappa shape index (κ1) is 22.8. The van der Waals surface area contributed by atoms with E-state index in [1.165, 1.54) is 16.4 Å². The normalized spacial score (nSPS) is 15.7. The number of anilines is 1. The van der Waals surface area contributed by atoms with Crippen LogP contribution >= 0.6 is 0 Å².